The van der Waals surface area contributed by atoms with Crippen LogP contribution in [0.5, 0.6) is 0 Å². The van der Waals surface area contributed by atoms with E-state index in [2.05, 4.69) is 30.9 Å². The summed E-state index contributed by atoms with van der Waals surface area (Å²) in [5.41, 5.74) is -0.162. The van der Waals surface area contributed by atoms with E-state index < -0.39 is 0 Å². The molecule has 100 valence electrons. The van der Waals surface area contributed by atoms with Crippen molar-refractivity contribution in [2.24, 2.45) is 5.41 Å². The van der Waals surface area contributed by atoms with Crippen LogP contribution in [0, 0.1) is 5.41 Å². The Kier molecular flexibility index (Phi) is 6.09. The zero-order valence-corrected chi connectivity index (χ0v) is 11.4. The van der Waals surface area contributed by atoms with Crippen molar-refractivity contribution in [1.29, 1.82) is 0 Å². The van der Waals surface area contributed by atoms with Crippen LogP contribution in [0.1, 0.15) is 19.3 Å². The molecular weight excluding hydrogens is 216 g/mol. The highest BCUT2D eigenvalue weighted by Gasteiger charge is 2.33. The highest BCUT2D eigenvalue weighted by atomic mass is 16.5. The summed E-state index contributed by atoms with van der Waals surface area (Å²) in [6.07, 6.45) is 4.04. The van der Waals surface area contributed by atoms with Crippen molar-refractivity contribution in [1.82, 2.24) is 9.80 Å². The molecule has 0 aliphatic carbocycles. The average Bonchev–Trinajstić information content (AvgIpc) is 2.29. The second-order valence-corrected chi connectivity index (χ2v) is 5.49. The topological polar surface area (TPSA) is 32.8 Å². The minimum absolute atomic E-state index is 0.162. The van der Waals surface area contributed by atoms with Crippen LogP contribution in [0.2, 0.25) is 0 Å². The van der Waals surface area contributed by atoms with Gasteiger partial charge in [-0.05, 0) is 53.5 Å². The van der Waals surface area contributed by atoms with Crippen molar-refractivity contribution in [3.8, 4) is 0 Å². The summed E-state index contributed by atoms with van der Waals surface area (Å²) in [6, 6.07) is 0. The first kappa shape index (κ1) is 14.6. The van der Waals surface area contributed by atoms with E-state index in [1.165, 1.54) is 0 Å². The van der Waals surface area contributed by atoms with E-state index in [1.807, 2.05) is 0 Å². The predicted molar refractivity (Wildman–Crippen MR) is 69.2 cm³/mol. The molecule has 1 saturated heterocycles. The SMILES string of the molecule is CN(C)CCCN(C)CC1(C=O)CCOCC1. The smallest absolute Gasteiger partial charge is 0.127 e. The quantitative estimate of drug-likeness (QED) is 0.620. The number of rotatable bonds is 7. The zero-order valence-electron chi connectivity index (χ0n) is 11.4. The number of nitrogens with zero attached hydrogens (tertiary/aromatic N) is 2. The lowest BCUT2D eigenvalue weighted by Gasteiger charge is -2.35. The van der Waals surface area contributed by atoms with Gasteiger partial charge in [-0.3, -0.25) is 0 Å². The lowest BCUT2D eigenvalue weighted by Crippen LogP contribution is -2.41. The maximum absolute atomic E-state index is 11.3. The van der Waals surface area contributed by atoms with Crippen molar-refractivity contribution >= 4 is 6.29 Å². The minimum atomic E-state index is -0.162. The van der Waals surface area contributed by atoms with E-state index in [4.69, 9.17) is 4.74 Å². The van der Waals surface area contributed by atoms with Crippen LogP contribution in [0.15, 0.2) is 0 Å². The molecule has 0 radical (unpaired) electrons. The normalized spacial score (nSPS) is 19.8. The first-order valence-corrected chi connectivity index (χ1v) is 6.45. The van der Waals surface area contributed by atoms with Crippen LogP contribution in [0.4, 0.5) is 0 Å². The predicted octanol–water partition coefficient (Wildman–Crippen LogP) is 0.866. The Morgan fingerprint density at radius 2 is 1.82 bits per heavy atom. The Morgan fingerprint density at radius 1 is 1.18 bits per heavy atom. The highest BCUT2D eigenvalue weighted by Crippen LogP contribution is 2.28. The molecule has 0 bridgehead atoms. The van der Waals surface area contributed by atoms with Crippen molar-refractivity contribution in [3.05, 3.63) is 0 Å². The molecule has 0 atom stereocenters. The standard InChI is InChI=1S/C13H26N2O2/c1-14(2)7-4-8-15(3)11-13(12-16)5-9-17-10-6-13/h12H,4-11H2,1-3H3. The molecule has 0 aromatic carbocycles. The zero-order chi connectivity index (χ0) is 12.7. The lowest BCUT2D eigenvalue weighted by molar-refractivity contribution is -0.122. The van der Waals surface area contributed by atoms with Gasteiger partial charge in [-0.15, -0.1) is 0 Å². The molecule has 0 amide bonds. The van der Waals surface area contributed by atoms with Crippen LogP contribution in [0.25, 0.3) is 0 Å². The van der Waals surface area contributed by atoms with Gasteiger partial charge in [0, 0.05) is 25.2 Å². The number of ether oxygens (including phenoxy) is 1. The Labute approximate surface area is 105 Å². The van der Waals surface area contributed by atoms with Crippen molar-refractivity contribution < 1.29 is 9.53 Å². The summed E-state index contributed by atoms with van der Waals surface area (Å²) in [6.45, 7) is 4.47. The molecule has 0 aromatic rings. The first-order chi connectivity index (χ1) is 8.08. The molecule has 0 saturated carbocycles. The summed E-state index contributed by atoms with van der Waals surface area (Å²) in [7, 11) is 6.28. The van der Waals surface area contributed by atoms with Gasteiger partial charge in [-0.1, -0.05) is 0 Å². The van der Waals surface area contributed by atoms with Crippen LogP contribution < -0.4 is 0 Å². The Morgan fingerprint density at radius 3 is 2.35 bits per heavy atom. The van der Waals surface area contributed by atoms with Crippen molar-refractivity contribution in [2.45, 2.75) is 19.3 Å². The van der Waals surface area contributed by atoms with Crippen LogP contribution in [-0.4, -0.2) is 70.1 Å². The molecule has 0 aromatic heterocycles. The molecule has 4 heteroatoms. The second kappa shape index (κ2) is 7.09. The third-order valence-corrected chi connectivity index (χ3v) is 3.47. The third-order valence-electron chi connectivity index (χ3n) is 3.47. The molecule has 0 unspecified atom stereocenters. The molecule has 0 N–H and O–H groups in total. The Hall–Kier alpha value is -0.450. The van der Waals surface area contributed by atoms with Gasteiger partial charge in [0.15, 0.2) is 0 Å². The molecule has 1 heterocycles. The van der Waals surface area contributed by atoms with E-state index in [0.717, 1.165) is 58.4 Å². The van der Waals surface area contributed by atoms with E-state index in [0.29, 0.717) is 0 Å². The van der Waals surface area contributed by atoms with E-state index in [1.54, 1.807) is 0 Å². The van der Waals surface area contributed by atoms with Gasteiger partial charge in [0.25, 0.3) is 0 Å². The number of hydrogen-bond acceptors (Lipinski definition) is 4. The number of aldehydes is 1. The molecule has 17 heavy (non-hydrogen) atoms. The second-order valence-electron chi connectivity index (χ2n) is 5.49. The number of carbonyl (C=O) groups excluding carboxylic acids is 1. The lowest BCUT2D eigenvalue weighted by atomic mass is 9.81. The first-order valence-electron chi connectivity index (χ1n) is 6.45. The van der Waals surface area contributed by atoms with Crippen LogP contribution in [0.3, 0.4) is 0 Å². The van der Waals surface area contributed by atoms with Gasteiger partial charge in [-0.2, -0.15) is 0 Å². The Balaban J connectivity index is 2.31. The molecule has 1 fully saturated rings. The van der Waals surface area contributed by atoms with Crippen molar-refractivity contribution in [3.63, 3.8) is 0 Å². The fraction of sp³-hybridized carbons (Fsp3) is 0.923. The summed E-state index contributed by atoms with van der Waals surface area (Å²) >= 11 is 0. The van der Waals surface area contributed by atoms with Gasteiger partial charge < -0.3 is 19.3 Å². The van der Waals surface area contributed by atoms with Gasteiger partial charge in [0.05, 0.1) is 0 Å². The summed E-state index contributed by atoms with van der Waals surface area (Å²) in [5.74, 6) is 0. The molecule has 0 spiro atoms. The summed E-state index contributed by atoms with van der Waals surface area (Å²) < 4.78 is 5.34. The van der Waals surface area contributed by atoms with Crippen molar-refractivity contribution in [2.75, 3.05) is 54.0 Å². The fourth-order valence-electron chi connectivity index (χ4n) is 2.36. The molecule has 1 aliphatic rings. The fourth-order valence-corrected chi connectivity index (χ4v) is 2.36. The number of carbonyl (C=O) groups is 1. The Bertz CT molecular complexity index is 225. The largest absolute Gasteiger partial charge is 0.381 e. The van der Waals surface area contributed by atoms with Crippen LogP contribution >= 0.6 is 0 Å². The molecular formula is C13H26N2O2. The molecule has 1 aliphatic heterocycles. The monoisotopic (exact) mass is 242 g/mol. The van der Waals surface area contributed by atoms with Gasteiger partial charge in [0.2, 0.25) is 0 Å². The number of hydrogen-bond donors (Lipinski definition) is 0. The molecule has 1 rings (SSSR count). The van der Waals surface area contributed by atoms with Gasteiger partial charge in [-0.25, -0.2) is 0 Å². The summed E-state index contributed by atoms with van der Waals surface area (Å²) in [4.78, 5) is 15.8. The maximum Gasteiger partial charge on any atom is 0.127 e. The maximum atomic E-state index is 11.3. The summed E-state index contributed by atoms with van der Waals surface area (Å²) in [5, 5.41) is 0. The van der Waals surface area contributed by atoms with E-state index in [-0.39, 0.29) is 5.41 Å². The molecule has 4 nitrogen and oxygen atoms in total. The van der Waals surface area contributed by atoms with Gasteiger partial charge in [0.1, 0.15) is 6.29 Å². The van der Waals surface area contributed by atoms with Crippen LogP contribution in [-0.2, 0) is 9.53 Å². The van der Waals surface area contributed by atoms with E-state index in [9.17, 15) is 4.79 Å². The third kappa shape index (κ3) is 5.15. The highest BCUT2D eigenvalue weighted by molar-refractivity contribution is 5.60. The van der Waals surface area contributed by atoms with Gasteiger partial charge >= 0.3 is 0 Å². The minimum Gasteiger partial charge on any atom is -0.381 e. The van der Waals surface area contributed by atoms with E-state index >= 15 is 0 Å². The average molecular weight is 242 g/mol.